The molecule has 2 N–H and O–H groups in total. The van der Waals surface area contributed by atoms with Gasteiger partial charge >= 0.3 is 0 Å². The van der Waals surface area contributed by atoms with Crippen molar-refractivity contribution < 1.29 is 9.90 Å². The first-order valence-corrected chi connectivity index (χ1v) is 4.86. The van der Waals surface area contributed by atoms with Gasteiger partial charge in [-0.25, -0.2) is 0 Å². The van der Waals surface area contributed by atoms with Gasteiger partial charge in [0.15, 0.2) is 0 Å². The molecule has 0 heterocycles. The summed E-state index contributed by atoms with van der Waals surface area (Å²) >= 11 is 0. The van der Waals surface area contributed by atoms with E-state index in [-0.39, 0.29) is 11.4 Å². The summed E-state index contributed by atoms with van der Waals surface area (Å²) < 4.78 is 0. The molecule has 1 atom stereocenters. The predicted molar refractivity (Wildman–Crippen MR) is 53.4 cm³/mol. The Morgan fingerprint density at radius 2 is 2.08 bits per heavy atom. The lowest BCUT2D eigenvalue weighted by Crippen LogP contribution is -2.42. The Balaban J connectivity index is 3.74. The highest BCUT2D eigenvalue weighted by Gasteiger charge is 2.17. The second-order valence-electron chi connectivity index (χ2n) is 4.17. The van der Waals surface area contributed by atoms with Gasteiger partial charge in [-0.05, 0) is 33.6 Å². The first-order chi connectivity index (χ1) is 5.87. The Hall–Kier alpha value is -0.570. The Morgan fingerprint density at radius 1 is 1.54 bits per heavy atom. The van der Waals surface area contributed by atoms with Gasteiger partial charge in [-0.1, -0.05) is 6.92 Å². The molecule has 0 radical (unpaired) electrons. The molecule has 0 aromatic carbocycles. The topological polar surface area (TPSA) is 49.3 Å². The van der Waals surface area contributed by atoms with Crippen molar-refractivity contribution in [2.45, 2.75) is 58.6 Å². The first kappa shape index (κ1) is 12.4. The van der Waals surface area contributed by atoms with Gasteiger partial charge in [-0.15, -0.1) is 0 Å². The van der Waals surface area contributed by atoms with Crippen molar-refractivity contribution in [2.75, 3.05) is 0 Å². The summed E-state index contributed by atoms with van der Waals surface area (Å²) in [4.78, 5) is 11.3. The molecule has 0 aliphatic carbocycles. The zero-order valence-electron chi connectivity index (χ0n) is 9.05. The third kappa shape index (κ3) is 6.58. The molecule has 0 saturated heterocycles. The van der Waals surface area contributed by atoms with Gasteiger partial charge in [-0.2, -0.15) is 0 Å². The molecule has 0 aromatic heterocycles. The molecule has 1 unspecified atom stereocenters. The molecule has 0 saturated carbocycles. The lowest BCUT2D eigenvalue weighted by molar-refractivity contribution is -0.123. The fourth-order valence-corrected chi connectivity index (χ4v) is 0.868. The van der Waals surface area contributed by atoms with E-state index in [4.69, 9.17) is 5.11 Å². The number of rotatable bonds is 5. The molecule has 0 bridgehead atoms. The summed E-state index contributed by atoms with van der Waals surface area (Å²) in [5, 5.41) is 11.9. The van der Waals surface area contributed by atoms with Crippen LogP contribution >= 0.6 is 0 Å². The van der Waals surface area contributed by atoms with Crippen LogP contribution in [0, 0.1) is 0 Å². The molecule has 3 nitrogen and oxygen atoms in total. The molecule has 0 fully saturated rings. The number of nitrogens with one attached hydrogen (secondary N) is 1. The number of carbonyl (C=O) groups excluding carboxylic acids is 1. The van der Waals surface area contributed by atoms with Crippen LogP contribution in [-0.2, 0) is 4.79 Å². The molecule has 0 rings (SSSR count). The smallest absolute Gasteiger partial charge is 0.220 e. The van der Waals surface area contributed by atoms with Crippen LogP contribution in [0.1, 0.15) is 47.0 Å². The van der Waals surface area contributed by atoms with Crippen molar-refractivity contribution in [3.63, 3.8) is 0 Å². The Labute approximate surface area is 80.5 Å². The van der Waals surface area contributed by atoms with E-state index in [2.05, 4.69) is 5.32 Å². The molecule has 3 heteroatoms. The monoisotopic (exact) mass is 187 g/mol. The third-order valence-electron chi connectivity index (χ3n) is 2.15. The maximum Gasteiger partial charge on any atom is 0.220 e. The van der Waals surface area contributed by atoms with Crippen molar-refractivity contribution in [3.8, 4) is 0 Å². The first-order valence-electron chi connectivity index (χ1n) is 4.86. The van der Waals surface area contributed by atoms with Crippen molar-refractivity contribution in [3.05, 3.63) is 0 Å². The van der Waals surface area contributed by atoms with Crippen molar-refractivity contribution in [1.29, 1.82) is 0 Å². The van der Waals surface area contributed by atoms with Gasteiger partial charge in [0, 0.05) is 12.0 Å². The van der Waals surface area contributed by atoms with Crippen LogP contribution in [0.4, 0.5) is 0 Å². The van der Waals surface area contributed by atoms with Crippen LogP contribution in [0.2, 0.25) is 0 Å². The predicted octanol–water partition coefficient (Wildman–Crippen LogP) is 1.45. The zero-order chi connectivity index (χ0) is 10.5. The summed E-state index contributed by atoms with van der Waals surface area (Å²) in [6.45, 7) is 7.72. The van der Waals surface area contributed by atoms with Gasteiger partial charge in [-0.3, -0.25) is 4.79 Å². The lowest BCUT2D eigenvalue weighted by Gasteiger charge is -2.24. The van der Waals surface area contributed by atoms with Crippen molar-refractivity contribution >= 4 is 5.91 Å². The van der Waals surface area contributed by atoms with E-state index in [9.17, 15) is 4.79 Å². The van der Waals surface area contributed by atoms with Crippen LogP contribution in [0.25, 0.3) is 0 Å². The van der Waals surface area contributed by atoms with Crippen molar-refractivity contribution in [1.82, 2.24) is 5.32 Å². The fourth-order valence-electron chi connectivity index (χ4n) is 0.868. The molecule has 0 aliphatic rings. The SMILES string of the molecule is CCC(C)(C)NC(=O)CCC(C)O. The average molecular weight is 187 g/mol. The number of aliphatic hydroxyl groups excluding tert-OH is 1. The highest BCUT2D eigenvalue weighted by molar-refractivity contribution is 5.76. The lowest BCUT2D eigenvalue weighted by atomic mass is 10.0. The van der Waals surface area contributed by atoms with Crippen LogP contribution in [-0.4, -0.2) is 22.7 Å². The fraction of sp³-hybridized carbons (Fsp3) is 0.900. The van der Waals surface area contributed by atoms with Crippen LogP contribution < -0.4 is 5.32 Å². The van der Waals surface area contributed by atoms with E-state index >= 15 is 0 Å². The number of hydrogen-bond donors (Lipinski definition) is 2. The highest BCUT2D eigenvalue weighted by atomic mass is 16.3. The number of carbonyl (C=O) groups is 1. The van der Waals surface area contributed by atoms with Gasteiger partial charge in [0.25, 0.3) is 0 Å². The van der Waals surface area contributed by atoms with Crippen molar-refractivity contribution in [2.24, 2.45) is 0 Å². The summed E-state index contributed by atoms with van der Waals surface area (Å²) in [5.74, 6) is 0.0211. The summed E-state index contributed by atoms with van der Waals surface area (Å²) in [7, 11) is 0. The number of amides is 1. The van der Waals surface area contributed by atoms with E-state index in [1.54, 1.807) is 6.92 Å². The van der Waals surface area contributed by atoms with E-state index in [1.807, 2.05) is 20.8 Å². The van der Waals surface area contributed by atoms with Gasteiger partial charge in [0.1, 0.15) is 0 Å². The van der Waals surface area contributed by atoms with Crippen LogP contribution in [0.3, 0.4) is 0 Å². The summed E-state index contributed by atoms with van der Waals surface area (Å²) in [5.41, 5.74) is -0.129. The number of hydrogen-bond acceptors (Lipinski definition) is 2. The maximum atomic E-state index is 11.3. The Bertz CT molecular complexity index is 164. The summed E-state index contributed by atoms with van der Waals surface area (Å²) in [6.07, 6.45) is 1.45. The highest BCUT2D eigenvalue weighted by Crippen LogP contribution is 2.07. The summed E-state index contributed by atoms with van der Waals surface area (Å²) in [6, 6.07) is 0. The van der Waals surface area contributed by atoms with E-state index < -0.39 is 6.10 Å². The van der Waals surface area contributed by atoms with E-state index in [0.29, 0.717) is 12.8 Å². The molecular formula is C10H21NO2. The molecule has 0 spiro atoms. The maximum absolute atomic E-state index is 11.3. The molecule has 0 aromatic rings. The largest absolute Gasteiger partial charge is 0.393 e. The minimum atomic E-state index is -0.393. The average Bonchev–Trinajstić information content (AvgIpc) is 2.00. The molecule has 1 amide bonds. The Kier molecular flexibility index (Phi) is 4.99. The minimum Gasteiger partial charge on any atom is -0.393 e. The van der Waals surface area contributed by atoms with E-state index in [1.165, 1.54) is 0 Å². The van der Waals surface area contributed by atoms with Gasteiger partial charge in [0.2, 0.25) is 5.91 Å². The van der Waals surface area contributed by atoms with Crippen LogP contribution in [0.15, 0.2) is 0 Å². The minimum absolute atomic E-state index is 0.0211. The molecule has 13 heavy (non-hydrogen) atoms. The zero-order valence-corrected chi connectivity index (χ0v) is 9.05. The Morgan fingerprint density at radius 3 is 2.46 bits per heavy atom. The normalized spacial score (nSPS) is 13.9. The third-order valence-corrected chi connectivity index (χ3v) is 2.15. The van der Waals surface area contributed by atoms with Gasteiger partial charge in [0.05, 0.1) is 6.10 Å². The van der Waals surface area contributed by atoms with Gasteiger partial charge < -0.3 is 10.4 Å². The molecule has 0 aliphatic heterocycles. The standard InChI is InChI=1S/C10H21NO2/c1-5-10(3,4)11-9(13)7-6-8(2)12/h8,12H,5-7H2,1-4H3,(H,11,13). The van der Waals surface area contributed by atoms with E-state index in [0.717, 1.165) is 6.42 Å². The molecular weight excluding hydrogens is 166 g/mol. The second kappa shape index (κ2) is 5.22. The number of aliphatic hydroxyl groups is 1. The molecule has 78 valence electrons. The van der Waals surface area contributed by atoms with Crippen LogP contribution in [0.5, 0.6) is 0 Å². The quantitative estimate of drug-likeness (QED) is 0.684. The second-order valence-corrected chi connectivity index (χ2v) is 4.17.